The van der Waals surface area contributed by atoms with Crippen LogP contribution in [0.5, 0.6) is 0 Å². The summed E-state index contributed by atoms with van der Waals surface area (Å²) in [6.45, 7) is 12.0. The second-order valence-corrected chi connectivity index (χ2v) is 7.57. The lowest BCUT2D eigenvalue weighted by Gasteiger charge is -2.36. The van der Waals surface area contributed by atoms with Crippen molar-refractivity contribution in [1.82, 2.24) is 0 Å². The van der Waals surface area contributed by atoms with Crippen LogP contribution in [-0.4, -0.2) is 25.2 Å². The minimum Gasteiger partial charge on any atom is -0.465 e. The molecule has 150 valence electrons. The summed E-state index contributed by atoms with van der Waals surface area (Å²) >= 11 is 0. The number of ether oxygens (including phenoxy) is 2. The molecule has 0 aliphatic heterocycles. The smallest absolute Gasteiger partial charge is 0.327 e. The summed E-state index contributed by atoms with van der Waals surface area (Å²) in [6, 6.07) is 2.14. The van der Waals surface area contributed by atoms with Crippen molar-refractivity contribution in [3.05, 3.63) is 0 Å². The molecule has 0 aromatic carbocycles. The van der Waals surface area contributed by atoms with Gasteiger partial charge < -0.3 is 9.47 Å². The third kappa shape index (κ3) is 6.63. The van der Waals surface area contributed by atoms with Gasteiger partial charge >= 0.3 is 11.9 Å². The van der Waals surface area contributed by atoms with Crippen molar-refractivity contribution >= 4 is 11.9 Å². The standard InChI is InChI=1S/C21H37NO4/c1-7-9-11-13-25-19(23)18(16(3)4)21(15-22,17(5)6)20(24)26-14-12-10-8-2/h16-18H,7-14H2,1-6H3. The normalized spacial score (nSPS) is 14.6. The molecule has 0 spiro atoms. The molecular formula is C21H37NO4. The highest BCUT2D eigenvalue weighted by atomic mass is 16.5. The molecule has 0 heterocycles. The fourth-order valence-electron chi connectivity index (χ4n) is 3.20. The van der Waals surface area contributed by atoms with E-state index < -0.39 is 23.3 Å². The molecule has 0 amide bonds. The summed E-state index contributed by atoms with van der Waals surface area (Å²) < 4.78 is 10.8. The fourth-order valence-corrected chi connectivity index (χ4v) is 3.20. The quantitative estimate of drug-likeness (QED) is 0.342. The van der Waals surface area contributed by atoms with Gasteiger partial charge in [-0.2, -0.15) is 5.26 Å². The molecule has 0 radical (unpaired) electrons. The SMILES string of the molecule is CCCCCOC(=O)C(C(C)C)C(C#N)(C(=O)OCCCCC)C(C)C. The monoisotopic (exact) mass is 367 g/mol. The van der Waals surface area contributed by atoms with E-state index in [-0.39, 0.29) is 18.4 Å². The van der Waals surface area contributed by atoms with Gasteiger partial charge in [-0.3, -0.25) is 9.59 Å². The zero-order chi connectivity index (χ0) is 20.2. The van der Waals surface area contributed by atoms with E-state index in [1.165, 1.54) is 0 Å². The van der Waals surface area contributed by atoms with Crippen molar-refractivity contribution < 1.29 is 19.1 Å². The number of rotatable bonds is 13. The molecule has 5 nitrogen and oxygen atoms in total. The predicted octanol–water partition coefficient (Wildman–Crippen LogP) is 4.89. The molecule has 0 aromatic heterocycles. The summed E-state index contributed by atoms with van der Waals surface area (Å²) in [4.78, 5) is 25.6. The van der Waals surface area contributed by atoms with E-state index in [0.29, 0.717) is 6.61 Å². The maximum absolute atomic E-state index is 12.9. The minimum atomic E-state index is -1.53. The Balaban J connectivity index is 5.42. The van der Waals surface area contributed by atoms with Crippen LogP contribution >= 0.6 is 0 Å². The lowest BCUT2D eigenvalue weighted by atomic mass is 9.64. The molecule has 0 N–H and O–H groups in total. The first-order chi connectivity index (χ1) is 12.3. The zero-order valence-corrected chi connectivity index (χ0v) is 17.5. The number of nitriles is 1. The average Bonchev–Trinajstić information content (AvgIpc) is 2.59. The van der Waals surface area contributed by atoms with Gasteiger partial charge in [0.1, 0.15) is 0 Å². The maximum atomic E-state index is 12.9. The van der Waals surface area contributed by atoms with Crippen LogP contribution in [0.15, 0.2) is 0 Å². The first kappa shape index (κ1) is 24.4. The van der Waals surface area contributed by atoms with Crippen LogP contribution in [0.25, 0.3) is 0 Å². The van der Waals surface area contributed by atoms with E-state index in [4.69, 9.17) is 9.47 Å². The Morgan fingerprint density at radius 1 is 0.923 bits per heavy atom. The molecule has 0 fully saturated rings. The summed E-state index contributed by atoms with van der Waals surface area (Å²) in [5, 5.41) is 9.94. The van der Waals surface area contributed by atoms with E-state index in [9.17, 15) is 14.9 Å². The third-order valence-electron chi connectivity index (χ3n) is 4.82. The third-order valence-corrected chi connectivity index (χ3v) is 4.82. The lowest BCUT2D eigenvalue weighted by Crippen LogP contribution is -2.49. The highest BCUT2D eigenvalue weighted by molar-refractivity contribution is 5.88. The van der Waals surface area contributed by atoms with Crippen molar-refractivity contribution in [2.75, 3.05) is 13.2 Å². The topological polar surface area (TPSA) is 76.4 Å². The number of esters is 2. The number of hydrogen-bond acceptors (Lipinski definition) is 5. The van der Waals surface area contributed by atoms with Crippen LogP contribution < -0.4 is 0 Å². The van der Waals surface area contributed by atoms with Gasteiger partial charge in [0.25, 0.3) is 0 Å². The Bertz CT molecular complexity index is 467. The minimum absolute atomic E-state index is 0.209. The zero-order valence-electron chi connectivity index (χ0n) is 17.5. The van der Waals surface area contributed by atoms with Crippen LogP contribution in [0, 0.1) is 34.5 Å². The van der Waals surface area contributed by atoms with E-state index in [1.54, 1.807) is 13.8 Å². The predicted molar refractivity (Wildman–Crippen MR) is 102 cm³/mol. The lowest BCUT2D eigenvalue weighted by molar-refractivity contribution is -0.171. The second kappa shape index (κ2) is 12.7. The van der Waals surface area contributed by atoms with Gasteiger partial charge in [0.05, 0.1) is 25.2 Å². The number of carbonyl (C=O) groups is 2. The fraction of sp³-hybridized carbons (Fsp3) is 0.857. The van der Waals surface area contributed by atoms with Crippen molar-refractivity contribution in [2.24, 2.45) is 23.2 Å². The number of unbranched alkanes of at least 4 members (excludes halogenated alkanes) is 4. The van der Waals surface area contributed by atoms with Crippen molar-refractivity contribution in [3.63, 3.8) is 0 Å². The van der Waals surface area contributed by atoms with Crippen molar-refractivity contribution in [3.8, 4) is 6.07 Å². The average molecular weight is 368 g/mol. The van der Waals surface area contributed by atoms with Crippen LogP contribution in [0.1, 0.15) is 80.1 Å². The molecule has 5 heteroatoms. The molecule has 0 bridgehead atoms. The Hall–Kier alpha value is -1.57. The van der Waals surface area contributed by atoms with E-state index in [2.05, 4.69) is 19.9 Å². The second-order valence-electron chi connectivity index (χ2n) is 7.57. The van der Waals surface area contributed by atoms with Gasteiger partial charge in [0, 0.05) is 0 Å². The van der Waals surface area contributed by atoms with Gasteiger partial charge in [0.15, 0.2) is 5.41 Å². The van der Waals surface area contributed by atoms with Gasteiger partial charge in [-0.25, -0.2) is 0 Å². The number of nitrogens with zero attached hydrogens (tertiary/aromatic N) is 1. The first-order valence-corrected chi connectivity index (χ1v) is 10.0. The molecule has 0 aliphatic carbocycles. The molecule has 0 saturated heterocycles. The van der Waals surface area contributed by atoms with Crippen molar-refractivity contribution in [2.45, 2.75) is 80.1 Å². The molecule has 0 rings (SSSR count). The van der Waals surface area contributed by atoms with Gasteiger partial charge in [-0.05, 0) is 24.7 Å². The Kier molecular flexibility index (Phi) is 12.0. The number of hydrogen-bond donors (Lipinski definition) is 0. The highest BCUT2D eigenvalue weighted by Gasteiger charge is 2.55. The van der Waals surface area contributed by atoms with E-state index in [1.807, 2.05) is 13.8 Å². The summed E-state index contributed by atoms with van der Waals surface area (Å²) in [5.41, 5.74) is -1.53. The summed E-state index contributed by atoms with van der Waals surface area (Å²) in [6.07, 6.45) is 5.53. The molecular weight excluding hydrogens is 330 g/mol. The molecule has 26 heavy (non-hydrogen) atoms. The van der Waals surface area contributed by atoms with Gasteiger partial charge in [0.2, 0.25) is 0 Å². The van der Waals surface area contributed by atoms with Gasteiger partial charge in [-0.15, -0.1) is 0 Å². The Morgan fingerprint density at radius 2 is 1.42 bits per heavy atom. The van der Waals surface area contributed by atoms with E-state index in [0.717, 1.165) is 38.5 Å². The largest absolute Gasteiger partial charge is 0.465 e. The van der Waals surface area contributed by atoms with Gasteiger partial charge in [-0.1, -0.05) is 67.2 Å². The molecule has 0 aromatic rings. The van der Waals surface area contributed by atoms with Crippen LogP contribution in [0.2, 0.25) is 0 Å². The molecule has 2 atom stereocenters. The highest BCUT2D eigenvalue weighted by Crippen LogP contribution is 2.42. The van der Waals surface area contributed by atoms with Crippen molar-refractivity contribution in [1.29, 1.82) is 5.26 Å². The Labute approximate surface area is 159 Å². The van der Waals surface area contributed by atoms with Crippen LogP contribution in [-0.2, 0) is 19.1 Å². The van der Waals surface area contributed by atoms with Crippen LogP contribution in [0.3, 0.4) is 0 Å². The molecule has 0 saturated carbocycles. The van der Waals surface area contributed by atoms with E-state index >= 15 is 0 Å². The first-order valence-electron chi connectivity index (χ1n) is 10.0. The maximum Gasteiger partial charge on any atom is 0.327 e. The molecule has 2 unspecified atom stereocenters. The number of carbonyl (C=O) groups excluding carboxylic acids is 2. The summed E-state index contributed by atoms with van der Waals surface area (Å²) in [7, 11) is 0. The van der Waals surface area contributed by atoms with Crippen LogP contribution in [0.4, 0.5) is 0 Å². The summed E-state index contributed by atoms with van der Waals surface area (Å²) in [5.74, 6) is -2.49. The Morgan fingerprint density at radius 3 is 1.81 bits per heavy atom. The molecule has 0 aliphatic rings.